The second-order valence-electron chi connectivity index (χ2n) is 5.59. The van der Waals surface area contributed by atoms with Gasteiger partial charge in [0.2, 0.25) is 0 Å². The van der Waals surface area contributed by atoms with Crippen LogP contribution in [0.3, 0.4) is 0 Å². The topological polar surface area (TPSA) is 66.5 Å². The van der Waals surface area contributed by atoms with Crippen molar-refractivity contribution in [2.75, 3.05) is 5.73 Å². The number of anilines is 1. The molecule has 0 saturated carbocycles. The first-order valence-corrected chi connectivity index (χ1v) is 7.38. The maximum absolute atomic E-state index is 10.6. The van der Waals surface area contributed by atoms with Crippen LogP contribution in [-0.4, -0.2) is 10.2 Å². The van der Waals surface area contributed by atoms with Crippen LogP contribution in [0.5, 0.6) is 11.5 Å². The molecule has 0 aliphatic heterocycles. The molecule has 4 N–H and O–H groups in total. The van der Waals surface area contributed by atoms with E-state index in [1.807, 2.05) is 54.6 Å². The number of aromatic hydroxyl groups is 2. The highest BCUT2D eigenvalue weighted by Crippen LogP contribution is 2.46. The number of hydrogen-bond donors (Lipinski definition) is 3. The largest absolute Gasteiger partial charge is 0.507 e. The van der Waals surface area contributed by atoms with Gasteiger partial charge in [-0.1, -0.05) is 54.6 Å². The Morgan fingerprint density at radius 1 is 0.652 bits per heavy atom. The molecule has 4 aromatic rings. The Bertz CT molecular complexity index is 1050. The number of phenolic OH excluding ortho intramolecular Hbond substituents is 2. The van der Waals surface area contributed by atoms with Crippen LogP contribution in [0.1, 0.15) is 0 Å². The van der Waals surface area contributed by atoms with Gasteiger partial charge in [-0.3, -0.25) is 0 Å². The fourth-order valence-corrected chi connectivity index (χ4v) is 3.13. The summed E-state index contributed by atoms with van der Waals surface area (Å²) in [6, 6.07) is 20.7. The van der Waals surface area contributed by atoms with E-state index in [0.717, 1.165) is 21.5 Å². The van der Waals surface area contributed by atoms with E-state index in [1.165, 1.54) is 0 Å². The first kappa shape index (κ1) is 13.5. The molecule has 0 amide bonds. The van der Waals surface area contributed by atoms with E-state index in [1.54, 1.807) is 12.1 Å². The zero-order valence-corrected chi connectivity index (χ0v) is 12.3. The summed E-state index contributed by atoms with van der Waals surface area (Å²) in [5, 5.41) is 24.7. The van der Waals surface area contributed by atoms with Crippen LogP contribution >= 0.6 is 0 Å². The van der Waals surface area contributed by atoms with Gasteiger partial charge in [-0.2, -0.15) is 0 Å². The lowest BCUT2D eigenvalue weighted by Crippen LogP contribution is -1.92. The predicted octanol–water partition coefficient (Wildman–Crippen LogP) is 4.65. The zero-order valence-electron chi connectivity index (χ0n) is 12.3. The van der Waals surface area contributed by atoms with Crippen LogP contribution in [0.15, 0.2) is 66.7 Å². The van der Waals surface area contributed by atoms with E-state index in [2.05, 4.69) is 0 Å². The number of benzene rings is 4. The van der Waals surface area contributed by atoms with E-state index in [-0.39, 0.29) is 11.5 Å². The third-order valence-electron chi connectivity index (χ3n) is 4.21. The Labute approximate surface area is 133 Å². The molecule has 4 aromatic carbocycles. The number of fused-ring (bicyclic) bond motifs is 2. The van der Waals surface area contributed by atoms with Crippen molar-refractivity contribution in [3.63, 3.8) is 0 Å². The van der Waals surface area contributed by atoms with E-state index in [4.69, 9.17) is 5.73 Å². The minimum Gasteiger partial charge on any atom is -0.507 e. The molecule has 3 nitrogen and oxygen atoms in total. The summed E-state index contributed by atoms with van der Waals surface area (Å²) in [6.07, 6.45) is 0. The molecule has 0 saturated heterocycles. The lowest BCUT2D eigenvalue weighted by molar-refractivity contribution is 0.471. The van der Waals surface area contributed by atoms with Gasteiger partial charge >= 0.3 is 0 Å². The van der Waals surface area contributed by atoms with Gasteiger partial charge in [-0.05, 0) is 33.7 Å². The molecule has 112 valence electrons. The molecule has 0 spiro atoms. The van der Waals surface area contributed by atoms with Crippen molar-refractivity contribution in [3.05, 3.63) is 66.7 Å². The van der Waals surface area contributed by atoms with E-state index < -0.39 is 0 Å². The Hall–Kier alpha value is -3.20. The van der Waals surface area contributed by atoms with Crippen LogP contribution in [0, 0.1) is 0 Å². The number of phenols is 2. The maximum atomic E-state index is 10.6. The number of hydrogen-bond acceptors (Lipinski definition) is 3. The van der Waals surface area contributed by atoms with Crippen molar-refractivity contribution in [2.45, 2.75) is 0 Å². The Kier molecular flexibility index (Phi) is 2.88. The monoisotopic (exact) mass is 301 g/mol. The van der Waals surface area contributed by atoms with Crippen LogP contribution in [0.2, 0.25) is 0 Å². The Morgan fingerprint density at radius 2 is 1.26 bits per heavy atom. The van der Waals surface area contributed by atoms with Crippen LogP contribution in [-0.2, 0) is 0 Å². The molecule has 23 heavy (non-hydrogen) atoms. The summed E-state index contributed by atoms with van der Waals surface area (Å²) in [7, 11) is 0. The third-order valence-corrected chi connectivity index (χ3v) is 4.21. The van der Waals surface area contributed by atoms with Gasteiger partial charge in [-0.15, -0.1) is 0 Å². The van der Waals surface area contributed by atoms with Crippen LogP contribution in [0.25, 0.3) is 32.7 Å². The van der Waals surface area contributed by atoms with Crippen molar-refractivity contribution >= 4 is 27.2 Å². The van der Waals surface area contributed by atoms with Crippen molar-refractivity contribution in [1.82, 2.24) is 0 Å². The van der Waals surface area contributed by atoms with Gasteiger partial charge in [0.05, 0.1) is 5.69 Å². The number of nitrogens with two attached hydrogens (primary N) is 1. The van der Waals surface area contributed by atoms with E-state index in [9.17, 15) is 10.2 Å². The van der Waals surface area contributed by atoms with Gasteiger partial charge in [0.1, 0.15) is 11.5 Å². The molecule has 4 rings (SSSR count). The molecule has 0 aliphatic carbocycles. The summed E-state index contributed by atoms with van der Waals surface area (Å²) >= 11 is 0. The van der Waals surface area contributed by atoms with Crippen molar-refractivity contribution in [2.24, 2.45) is 0 Å². The van der Waals surface area contributed by atoms with Crippen molar-refractivity contribution in [3.8, 4) is 22.6 Å². The average molecular weight is 301 g/mol. The van der Waals surface area contributed by atoms with Crippen LogP contribution in [0.4, 0.5) is 5.69 Å². The summed E-state index contributed by atoms with van der Waals surface area (Å²) in [5.74, 6) is 0.116. The molecule has 0 fully saturated rings. The van der Waals surface area contributed by atoms with Crippen molar-refractivity contribution < 1.29 is 10.2 Å². The molecular formula is C20H15NO2. The highest BCUT2D eigenvalue weighted by molar-refractivity contribution is 6.11. The summed E-state index contributed by atoms with van der Waals surface area (Å²) < 4.78 is 0. The molecule has 0 heterocycles. The number of nitrogen functional groups attached to an aromatic ring is 1. The normalized spacial score (nSPS) is 11.1. The fourth-order valence-electron chi connectivity index (χ4n) is 3.13. The zero-order chi connectivity index (χ0) is 16.0. The molecule has 0 unspecified atom stereocenters. The Balaban J connectivity index is 2.24. The maximum Gasteiger partial charge on any atom is 0.147 e. The highest BCUT2D eigenvalue weighted by Gasteiger charge is 2.18. The SMILES string of the molecule is Nc1cc2ccccc2c(-c2c(O)ccc3ccccc23)c1O. The summed E-state index contributed by atoms with van der Waals surface area (Å²) in [6.45, 7) is 0. The lowest BCUT2D eigenvalue weighted by Gasteiger charge is -2.15. The van der Waals surface area contributed by atoms with Gasteiger partial charge in [0.15, 0.2) is 0 Å². The molecule has 0 aromatic heterocycles. The fraction of sp³-hybridized carbons (Fsp3) is 0. The summed E-state index contributed by atoms with van der Waals surface area (Å²) in [4.78, 5) is 0. The van der Waals surface area contributed by atoms with Gasteiger partial charge in [-0.25, -0.2) is 0 Å². The third kappa shape index (κ3) is 1.98. The predicted molar refractivity (Wildman–Crippen MR) is 94.6 cm³/mol. The average Bonchev–Trinajstić information content (AvgIpc) is 2.57. The summed E-state index contributed by atoms with van der Waals surface area (Å²) in [5.41, 5.74) is 7.45. The molecule has 0 aliphatic rings. The van der Waals surface area contributed by atoms with E-state index in [0.29, 0.717) is 16.8 Å². The second-order valence-corrected chi connectivity index (χ2v) is 5.59. The van der Waals surface area contributed by atoms with Gasteiger partial charge in [0, 0.05) is 11.1 Å². The second kappa shape index (κ2) is 4.92. The first-order chi connectivity index (χ1) is 11.2. The van der Waals surface area contributed by atoms with Crippen molar-refractivity contribution in [1.29, 1.82) is 0 Å². The first-order valence-electron chi connectivity index (χ1n) is 7.38. The van der Waals surface area contributed by atoms with E-state index >= 15 is 0 Å². The molecule has 3 heteroatoms. The minimum absolute atomic E-state index is 0.00430. The molecule has 0 atom stereocenters. The smallest absolute Gasteiger partial charge is 0.147 e. The minimum atomic E-state index is -0.00430. The Morgan fingerprint density at radius 3 is 2.00 bits per heavy atom. The molecular weight excluding hydrogens is 286 g/mol. The highest BCUT2D eigenvalue weighted by atomic mass is 16.3. The standard InChI is InChI=1S/C20H15NO2/c21-16-11-13-6-2-4-8-15(13)19(20(16)23)18-14-7-3-1-5-12(14)9-10-17(18)22/h1-11,22-23H,21H2. The lowest BCUT2D eigenvalue weighted by atomic mass is 9.92. The van der Waals surface area contributed by atoms with Crippen LogP contribution < -0.4 is 5.73 Å². The molecule has 0 radical (unpaired) electrons. The molecule has 0 bridgehead atoms. The van der Waals surface area contributed by atoms with Gasteiger partial charge in [0.25, 0.3) is 0 Å². The number of rotatable bonds is 1. The quantitative estimate of drug-likeness (QED) is 0.354. The van der Waals surface area contributed by atoms with Gasteiger partial charge < -0.3 is 15.9 Å².